The predicted octanol–water partition coefficient (Wildman–Crippen LogP) is 3.00. The Labute approximate surface area is 120 Å². The molecule has 0 fully saturated rings. The van der Waals surface area contributed by atoms with Crippen LogP contribution in [0.5, 0.6) is 0 Å². The number of hydrogen-bond donors (Lipinski definition) is 2. The summed E-state index contributed by atoms with van der Waals surface area (Å²) >= 11 is 3.49. The molecule has 0 radical (unpaired) electrons. The molecule has 0 aliphatic heterocycles. The number of anilines is 1. The number of carbonyl (C=O) groups is 1. The largest absolute Gasteiger partial charge is 0.319 e. The fourth-order valence-corrected chi connectivity index (χ4v) is 1.99. The summed E-state index contributed by atoms with van der Waals surface area (Å²) in [7, 11) is 0. The molecule has 2 aromatic rings. The third kappa shape index (κ3) is 3.01. The Bertz CT molecular complexity index is 598. The van der Waals surface area contributed by atoms with Crippen LogP contribution in [0, 0.1) is 13.8 Å². The van der Waals surface area contributed by atoms with Crippen molar-refractivity contribution < 1.29 is 4.79 Å². The second-order valence-electron chi connectivity index (χ2n) is 4.34. The summed E-state index contributed by atoms with van der Waals surface area (Å²) in [6, 6.07) is 3.81. The average Bonchev–Trinajstić information content (AvgIpc) is 2.84. The van der Waals surface area contributed by atoms with Gasteiger partial charge in [-0.2, -0.15) is 0 Å². The van der Waals surface area contributed by atoms with E-state index in [0.29, 0.717) is 5.82 Å². The minimum atomic E-state index is -0.308. The number of aromatic nitrogens is 3. The molecule has 19 heavy (non-hydrogen) atoms. The van der Waals surface area contributed by atoms with Gasteiger partial charge in [-0.3, -0.25) is 9.89 Å². The molecule has 100 valence electrons. The molecular weight excluding hydrogens is 308 g/mol. The number of amides is 1. The van der Waals surface area contributed by atoms with Crippen LogP contribution in [0.3, 0.4) is 0 Å². The summed E-state index contributed by atoms with van der Waals surface area (Å²) in [5.41, 5.74) is 2.88. The monoisotopic (exact) mass is 322 g/mol. The van der Waals surface area contributed by atoms with Crippen LogP contribution in [0.2, 0.25) is 0 Å². The molecule has 1 aromatic carbocycles. The van der Waals surface area contributed by atoms with Gasteiger partial charge in [0.25, 0.3) is 5.91 Å². The number of carbonyl (C=O) groups excluding carboxylic acids is 1. The molecule has 1 amide bonds. The summed E-state index contributed by atoms with van der Waals surface area (Å²) < 4.78 is 1.05. The highest BCUT2D eigenvalue weighted by atomic mass is 79.9. The lowest BCUT2D eigenvalue weighted by Crippen LogP contribution is -2.14. The lowest BCUT2D eigenvalue weighted by atomic mass is 10.1. The summed E-state index contributed by atoms with van der Waals surface area (Å²) in [4.78, 5) is 16.1. The SMILES string of the molecule is CCc1nc(C(=O)Nc2cc(C)c(Br)c(C)c2)n[nH]1. The number of halogens is 1. The molecule has 2 N–H and O–H groups in total. The molecule has 0 aliphatic carbocycles. The van der Waals surface area contributed by atoms with E-state index >= 15 is 0 Å². The molecule has 0 aliphatic rings. The predicted molar refractivity (Wildman–Crippen MR) is 77.3 cm³/mol. The standard InChI is InChI=1S/C13H15BrN4O/c1-4-10-16-12(18-17-10)13(19)15-9-5-7(2)11(14)8(3)6-9/h5-6H,4H2,1-3H3,(H,15,19)(H,16,17,18). The average molecular weight is 323 g/mol. The van der Waals surface area contributed by atoms with Gasteiger partial charge in [-0.05, 0) is 37.1 Å². The van der Waals surface area contributed by atoms with Crippen molar-refractivity contribution in [2.75, 3.05) is 5.32 Å². The van der Waals surface area contributed by atoms with Crippen LogP contribution in [0.15, 0.2) is 16.6 Å². The van der Waals surface area contributed by atoms with E-state index in [0.717, 1.165) is 27.7 Å². The van der Waals surface area contributed by atoms with E-state index in [-0.39, 0.29) is 11.7 Å². The van der Waals surface area contributed by atoms with Crippen molar-refractivity contribution in [2.24, 2.45) is 0 Å². The van der Waals surface area contributed by atoms with Crippen molar-refractivity contribution in [3.63, 3.8) is 0 Å². The van der Waals surface area contributed by atoms with Gasteiger partial charge in [-0.1, -0.05) is 22.9 Å². The fraction of sp³-hybridized carbons (Fsp3) is 0.308. The van der Waals surface area contributed by atoms with Crippen molar-refractivity contribution in [2.45, 2.75) is 27.2 Å². The van der Waals surface area contributed by atoms with Gasteiger partial charge >= 0.3 is 0 Å². The molecule has 5 nitrogen and oxygen atoms in total. The third-order valence-corrected chi connectivity index (χ3v) is 4.01. The Morgan fingerprint density at radius 1 is 1.37 bits per heavy atom. The minimum Gasteiger partial charge on any atom is -0.319 e. The smallest absolute Gasteiger partial charge is 0.295 e. The summed E-state index contributed by atoms with van der Waals surface area (Å²) in [5.74, 6) is 0.556. The Morgan fingerprint density at radius 3 is 2.53 bits per heavy atom. The van der Waals surface area contributed by atoms with E-state index in [9.17, 15) is 4.79 Å². The third-order valence-electron chi connectivity index (χ3n) is 2.76. The number of benzene rings is 1. The maximum absolute atomic E-state index is 12.0. The molecule has 0 bridgehead atoms. The van der Waals surface area contributed by atoms with E-state index in [1.54, 1.807) is 0 Å². The van der Waals surface area contributed by atoms with E-state index in [1.165, 1.54) is 0 Å². The first kappa shape index (κ1) is 13.7. The normalized spacial score (nSPS) is 10.5. The van der Waals surface area contributed by atoms with E-state index < -0.39 is 0 Å². The van der Waals surface area contributed by atoms with Gasteiger partial charge in [0.2, 0.25) is 5.82 Å². The maximum atomic E-state index is 12.0. The Morgan fingerprint density at radius 2 is 2.00 bits per heavy atom. The van der Waals surface area contributed by atoms with Crippen molar-refractivity contribution in [3.8, 4) is 0 Å². The maximum Gasteiger partial charge on any atom is 0.295 e. The minimum absolute atomic E-state index is 0.162. The number of aryl methyl sites for hydroxylation is 3. The molecule has 0 saturated carbocycles. The molecule has 0 atom stereocenters. The van der Waals surface area contributed by atoms with Crippen LogP contribution in [-0.2, 0) is 6.42 Å². The first-order chi connectivity index (χ1) is 9.01. The number of hydrogen-bond acceptors (Lipinski definition) is 3. The Kier molecular flexibility index (Phi) is 3.99. The molecule has 6 heteroatoms. The van der Waals surface area contributed by atoms with Crippen molar-refractivity contribution in [1.82, 2.24) is 15.2 Å². The van der Waals surface area contributed by atoms with Crippen LogP contribution in [0.25, 0.3) is 0 Å². The summed E-state index contributed by atoms with van der Waals surface area (Å²) in [5, 5.41) is 9.41. The van der Waals surface area contributed by atoms with Gasteiger partial charge < -0.3 is 5.32 Å². The van der Waals surface area contributed by atoms with Crippen molar-refractivity contribution in [1.29, 1.82) is 0 Å². The van der Waals surface area contributed by atoms with Crippen LogP contribution in [0.1, 0.15) is 34.5 Å². The quantitative estimate of drug-likeness (QED) is 0.912. The summed E-state index contributed by atoms with van der Waals surface area (Å²) in [6.45, 7) is 5.91. The van der Waals surface area contributed by atoms with Gasteiger partial charge in [-0.15, -0.1) is 5.10 Å². The molecule has 1 aromatic heterocycles. The van der Waals surface area contributed by atoms with Gasteiger partial charge in [-0.25, -0.2) is 4.98 Å². The zero-order valence-electron chi connectivity index (χ0n) is 11.0. The number of rotatable bonds is 3. The van der Waals surface area contributed by atoms with Crippen LogP contribution < -0.4 is 5.32 Å². The number of aromatic amines is 1. The lowest BCUT2D eigenvalue weighted by molar-refractivity contribution is 0.101. The van der Waals surface area contributed by atoms with Gasteiger partial charge in [0, 0.05) is 16.6 Å². The molecule has 0 saturated heterocycles. The summed E-state index contributed by atoms with van der Waals surface area (Å²) in [6.07, 6.45) is 0.719. The molecule has 0 unspecified atom stereocenters. The zero-order valence-corrected chi connectivity index (χ0v) is 12.6. The molecule has 0 spiro atoms. The highest BCUT2D eigenvalue weighted by Gasteiger charge is 2.13. The van der Waals surface area contributed by atoms with E-state index in [2.05, 4.69) is 36.4 Å². The van der Waals surface area contributed by atoms with Crippen LogP contribution >= 0.6 is 15.9 Å². The topological polar surface area (TPSA) is 70.7 Å². The number of H-pyrrole nitrogens is 1. The molecular formula is C13H15BrN4O. The molecule has 1 heterocycles. The first-order valence-electron chi connectivity index (χ1n) is 6.00. The Hall–Kier alpha value is -1.69. The lowest BCUT2D eigenvalue weighted by Gasteiger charge is -2.08. The van der Waals surface area contributed by atoms with E-state index in [4.69, 9.17) is 0 Å². The second-order valence-corrected chi connectivity index (χ2v) is 5.13. The number of nitrogens with one attached hydrogen (secondary N) is 2. The molecule has 2 rings (SSSR count). The van der Waals surface area contributed by atoms with Crippen LogP contribution in [-0.4, -0.2) is 21.1 Å². The fourth-order valence-electron chi connectivity index (χ4n) is 1.76. The van der Waals surface area contributed by atoms with Crippen molar-refractivity contribution in [3.05, 3.63) is 39.4 Å². The van der Waals surface area contributed by atoms with Gasteiger partial charge in [0.1, 0.15) is 5.82 Å². The van der Waals surface area contributed by atoms with Gasteiger partial charge in [0.05, 0.1) is 0 Å². The first-order valence-corrected chi connectivity index (χ1v) is 6.80. The zero-order chi connectivity index (χ0) is 14.0. The Balaban J connectivity index is 2.19. The highest BCUT2D eigenvalue weighted by Crippen LogP contribution is 2.25. The highest BCUT2D eigenvalue weighted by molar-refractivity contribution is 9.10. The van der Waals surface area contributed by atoms with Crippen molar-refractivity contribution >= 4 is 27.5 Å². The van der Waals surface area contributed by atoms with Gasteiger partial charge in [0.15, 0.2) is 0 Å². The van der Waals surface area contributed by atoms with Crippen LogP contribution in [0.4, 0.5) is 5.69 Å². The van der Waals surface area contributed by atoms with E-state index in [1.807, 2.05) is 32.9 Å². The second kappa shape index (κ2) is 5.52. The number of nitrogens with zero attached hydrogens (tertiary/aromatic N) is 2.